The first-order valence-electron chi connectivity index (χ1n) is 7.85. The van der Waals surface area contributed by atoms with Crippen LogP contribution in [0, 0.1) is 6.92 Å². The van der Waals surface area contributed by atoms with Gasteiger partial charge in [0.1, 0.15) is 0 Å². The lowest BCUT2D eigenvalue weighted by molar-refractivity contribution is -0.120. The fourth-order valence-electron chi connectivity index (χ4n) is 3.13. The molecule has 5 heteroatoms. The number of benzene rings is 1. The Balaban J connectivity index is 1.80. The average molecular weight is 303 g/mol. The number of hydrogen-bond acceptors (Lipinski definition) is 3. The van der Waals surface area contributed by atoms with Gasteiger partial charge in [-0.05, 0) is 44.7 Å². The minimum absolute atomic E-state index is 0.297. The van der Waals surface area contributed by atoms with Crippen LogP contribution >= 0.6 is 0 Å². The van der Waals surface area contributed by atoms with Crippen molar-refractivity contribution < 1.29 is 9.59 Å². The number of primary amides is 1. The Hall–Kier alpha value is -1.88. The largest absolute Gasteiger partial charge is 0.351 e. The van der Waals surface area contributed by atoms with Crippen molar-refractivity contribution in [1.29, 1.82) is 0 Å². The molecule has 0 radical (unpaired) electrons. The number of nitrogens with zero attached hydrogens (tertiary/aromatic N) is 1. The summed E-state index contributed by atoms with van der Waals surface area (Å²) in [5.41, 5.74) is 7.60. The summed E-state index contributed by atoms with van der Waals surface area (Å²) in [6.45, 7) is 6.24. The minimum Gasteiger partial charge on any atom is -0.351 e. The molecular formula is C17H25N3O2. The van der Waals surface area contributed by atoms with Crippen LogP contribution in [0.25, 0.3) is 0 Å². The highest BCUT2D eigenvalue weighted by atomic mass is 16.2. The van der Waals surface area contributed by atoms with E-state index in [1.807, 2.05) is 0 Å². The predicted octanol–water partition coefficient (Wildman–Crippen LogP) is 2.15. The molecule has 5 nitrogen and oxygen atoms in total. The van der Waals surface area contributed by atoms with Crippen molar-refractivity contribution in [3.63, 3.8) is 0 Å². The lowest BCUT2D eigenvalue weighted by atomic mass is 9.96. The lowest BCUT2D eigenvalue weighted by Crippen LogP contribution is -2.35. The lowest BCUT2D eigenvalue weighted by Gasteiger charge is -2.20. The third kappa shape index (κ3) is 4.56. The van der Waals surface area contributed by atoms with E-state index in [9.17, 15) is 9.59 Å². The summed E-state index contributed by atoms with van der Waals surface area (Å²) in [7, 11) is 0. The Morgan fingerprint density at radius 2 is 2.00 bits per heavy atom. The van der Waals surface area contributed by atoms with Gasteiger partial charge in [0.15, 0.2) is 0 Å². The van der Waals surface area contributed by atoms with E-state index in [2.05, 4.69) is 48.3 Å². The number of carbonyl (C=O) groups is 2. The van der Waals surface area contributed by atoms with Crippen molar-refractivity contribution in [3.05, 3.63) is 35.4 Å². The van der Waals surface area contributed by atoms with E-state index in [-0.39, 0.29) is 5.91 Å². The van der Waals surface area contributed by atoms with Crippen LogP contribution in [0.4, 0.5) is 4.79 Å². The molecule has 1 aromatic rings. The van der Waals surface area contributed by atoms with Crippen LogP contribution in [-0.4, -0.2) is 36.0 Å². The van der Waals surface area contributed by atoms with Crippen LogP contribution in [0.5, 0.6) is 0 Å². The molecule has 1 heterocycles. The van der Waals surface area contributed by atoms with Crippen LogP contribution < -0.4 is 11.1 Å². The molecular weight excluding hydrogens is 278 g/mol. The Kier molecular flexibility index (Phi) is 5.55. The Morgan fingerprint density at radius 3 is 2.64 bits per heavy atom. The van der Waals surface area contributed by atoms with Gasteiger partial charge in [-0.25, -0.2) is 4.79 Å². The van der Waals surface area contributed by atoms with Crippen LogP contribution in [-0.2, 0) is 4.79 Å². The number of hydrogen-bond donors (Lipinski definition) is 2. The molecule has 1 aliphatic rings. The molecule has 3 amide bonds. The maximum Gasteiger partial charge on any atom is 0.318 e. The second-order valence-electron chi connectivity index (χ2n) is 6.20. The topological polar surface area (TPSA) is 75.4 Å². The third-order valence-corrected chi connectivity index (χ3v) is 4.36. The van der Waals surface area contributed by atoms with E-state index in [0.717, 1.165) is 25.9 Å². The summed E-state index contributed by atoms with van der Waals surface area (Å²) in [6, 6.07) is 8.50. The smallest absolute Gasteiger partial charge is 0.318 e. The molecule has 1 aliphatic heterocycles. The van der Waals surface area contributed by atoms with Gasteiger partial charge >= 0.3 is 6.03 Å². The fraction of sp³-hybridized carbons (Fsp3) is 0.529. The van der Waals surface area contributed by atoms with Gasteiger partial charge in [-0.2, -0.15) is 0 Å². The van der Waals surface area contributed by atoms with E-state index in [1.54, 1.807) is 0 Å². The first kappa shape index (κ1) is 16.5. The number of amides is 3. The number of aryl methyl sites for hydroxylation is 1. The number of imide groups is 1. The number of nitrogens with one attached hydrogen (secondary N) is 1. The number of rotatable bonds is 5. The molecule has 0 aromatic heterocycles. The molecule has 2 rings (SSSR count). The molecule has 0 unspecified atom stereocenters. The summed E-state index contributed by atoms with van der Waals surface area (Å²) in [6.07, 6.45) is 2.22. The Bertz CT molecular complexity index is 527. The van der Waals surface area contributed by atoms with E-state index in [1.165, 1.54) is 11.1 Å². The Labute approximate surface area is 131 Å². The molecule has 3 N–H and O–H groups in total. The van der Waals surface area contributed by atoms with Gasteiger partial charge in [-0.1, -0.05) is 29.8 Å². The van der Waals surface area contributed by atoms with Crippen molar-refractivity contribution in [1.82, 2.24) is 10.2 Å². The van der Waals surface area contributed by atoms with Crippen molar-refractivity contribution in [3.8, 4) is 0 Å². The molecule has 1 fully saturated rings. The van der Waals surface area contributed by atoms with Gasteiger partial charge in [-0.15, -0.1) is 0 Å². The fourth-order valence-corrected chi connectivity index (χ4v) is 3.13. The monoisotopic (exact) mass is 303 g/mol. The molecule has 0 spiro atoms. The average Bonchev–Trinajstić information content (AvgIpc) is 2.80. The maximum absolute atomic E-state index is 11.4. The summed E-state index contributed by atoms with van der Waals surface area (Å²) in [5, 5.41) is 2.10. The molecule has 0 aliphatic carbocycles. The number of likely N-dealkylation sites (tertiary alicyclic amines) is 1. The van der Waals surface area contributed by atoms with Gasteiger partial charge < -0.3 is 10.6 Å². The highest BCUT2D eigenvalue weighted by Gasteiger charge is 2.29. The highest BCUT2D eigenvalue weighted by molar-refractivity contribution is 5.93. The second kappa shape index (κ2) is 7.40. The minimum atomic E-state index is -0.779. The standard InChI is InChI=1S/C17H25N3O2/c1-12-5-7-14(8-6-12)15-10-13(2)20(11-15)9-3-4-16(21)19-17(18)22/h5-8,13,15H,3-4,9-11H2,1-2H3,(H3,18,19,21,22)/t13-,15+/m0/s1. The van der Waals surface area contributed by atoms with Crippen LogP contribution in [0.15, 0.2) is 24.3 Å². The van der Waals surface area contributed by atoms with Crippen molar-refractivity contribution in [2.24, 2.45) is 5.73 Å². The van der Waals surface area contributed by atoms with Gasteiger partial charge in [0, 0.05) is 19.0 Å². The van der Waals surface area contributed by atoms with E-state index >= 15 is 0 Å². The van der Waals surface area contributed by atoms with E-state index < -0.39 is 6.03 Å². The summed E-state index contributed by atoms with van der Waals surface area (Å²) in [4.78, 5) is 24.4. The zero-order valence-corrected chi connectivity index (χ0v) is 13.3. The highest BCUT2D eigenvalue weighted by Crippen LogP contribution is 2.31. The van der Waals surface area contributed by atoms with Gasteiger partial charge in [0.25, 0.3) is 0 Å². The van der Waals surface area contributed by atoms with Gasteiger partial charge in [0.2, 0.25) is 5.91 Å². The Morgan fingerprint density at radius 1 is 1.32 bits per heavy atom. The first-order valence-corrected chi connectivity index (χ1v) is 7.85. The van der Waals surface area contributed by atoms with Crippen LogP contribution in [0.1, 0.15) is 43.2 Å². The van der Waals surface area contributed by atoms with E-state index in [0.29, 0.717) is 18.4 Å². The van der Waals surface area contributed by atoms with Crippen molar-refractivity contribution in [2.75, 3.05) is 13.1 Å². The summed E-state index contributed by atoms with van der Waals surface area (Å²) < 4.78 is 0. The zero-order valence-electron chi connectivity index (χ0n) is 13.3. The first-order chi connectivity index (χ1) is 10.5. The number of carbonyl (C=O) groups excluding carboxylic acids is 2. The predicted molar refractivity (Wildman–Crippen MR) is 86.5 cm³/mol. The van der Waals surface area contributed by atoms with E-state index in [4.69, 9.17) is 5.73 Å². The normalized spacial score (nSPS) is 21.7. The SMILES string of the molecule is Cc1ccc([C@@H]2C[C@H](C)N(CCCC(=O)NC(N)=O)C2)cc1. The molecule has 22 heavy (non-hydrogen) atoms. The number of urea groups is 1. The molecule has 1 aromatic carbocycles. The zero-order chi connectivity index (χ0) is 16.1. The number of nitrogens with two attached hydrogens (primary N) is 1. The van der Waals surface area contributed by atoms with Crippen LogP contribution in [0.2, 0.25) is 0 Å². The maximum atomic E-state index is 11.4. The quantitative estimate of drug-likeness (QED) is 0.875. The second-order valence-corrected chi connectivity index (χ2v) is 6.20. The summed E-state index contributed by atoms with van der Waals surface area (Å²) in [5.74, 6) is 0.268. The summed E-state index contributed by atoms with van der Waals surface area (Å²) >= 11 is 0. The van der Waals surface area contributed by atoms with Crippen molar-refractivity contribution in [2.45, 2.75) is 45.1 Å². The van der Waals surface area contributed by atoms with Gasteiger partial charge in [0.05, 0.1) is 0 Å². The molecule has 0 saturated carbocycles. The molecule has 0 bridgehead atoms. The molecule has 2 atom stereocenters. The molecule has 1 saturated heterocycles. The van der Waals surface area contributed by atoms with Crippen LogP contribution in [0.3, 0.4) is 0 Å². The van der Waals surface area contributed by atoms with Gasteiger partial charge in [-0.3, -0.25) is 10.1 Å². The third-order valence-electron chi connectivity index (χ3n) is 4.36. The molecule has 120 valence electrons. The van der Waals surface area contributed by atoms with Crippen molar-refractivity contribution >= 4 is 11.9 Å².